The van der Waals surface area contributed by atoms with Crippen LogP contribution in [0.4, 0.5) is 5.69 Å². The Bertz CT molecular complexity index is 473. The van der Waals surface area contributed by atoms with Crippen LogP contribution in [-0.4, -0.2) is 22.9 Å². The number of hydrogen-bond acceptors (Lipinski definition) is 3. The Labute approximate surface area is 113 Å². The lowest BCUT2D eigenvalue weighted by Gasteiger charge is -2.21. The molecule has 0 saturated heterocycles. The molecule has 0 aliphatic carbocycles. The maximum Gasteiger partial charge on any atom is 0.0810 e. The molecule has 0 radical (unpaired) electrons. The fourth-order valence-electron chi connectivity index (χ4n) is 2.03. The molecule has 0 unspecified atom stereocenters. The highest BCUT2D eigenvalue weighted by Crippen LogP contribution is 2.19. The molecule has 0 aliphatic heterocycles. The standard InChI is InChI=1S/C16H19NO2/c18-12-15(17-14-9-5-2-6-10-14)11-16(19)13-7-3-1-4-8-13/h1-10,15-19H,11-12H2/t15-,16+/m0/s1. The van der Waals surface area contributed by atoms with Gasteiger partial charge in [-0.2, -0.15) is 0 Å². The normalized spacial score (nSPS) is 13.8. The fraction of sp³-hybridized carbons (Fsp3) is 0.250. The third-order valence-electron chi connectivity index (χ3n) is 3.06. The Morgan fingerprint density at radius 2 is 1.47 bits per heavy atom. The van der Waals surface area contributed by atoms with Gasteiger partial charge in [0.25, 0.3) is 0 Å². The van der Waals surface area contributed by atoms with Crippen LogP contribution in [0.3, 0.4) is 0 Å². The second-order valence-electron chi connectivity index (χ2n) is 4.55. The molecule has 100 valence electrons. The van der Waals surface area contributed by atoms with Crippen LogP contribution in [0, 0.1) is 0 Å². The summed E-state index contributed by atoms with van der Waals surface area (Å²) in [5.41, 5.74) is 1.82. The molecule has 2 aromatic rings. The predicted octanol–water partition coefficient (Wildman–Crippen LogP) is 2.58. The Kier molecular flexibility index (Phi) is 4.95. The number of anilines is 1. The van der Waals surface area contributed by atoms with E-state index in [2.05, 4.69) is 5.32 Å². The zero-order chi connectivity index (χ0) is 13.5. The molecule has 0 amide bonds. The summed E-state index contributed by atoms with van der Waals surface area (Å²) in [4.78, 5) is 0. The summed E-state index contributed by atoms with van der Waals surface area (Å²) < 4.78 is 0. The molecule has 19 heavy (non-hydrogen) atoms. The minimum Gasteiger partial charge on any atom is -0.394 e. The smallest absolute Gasteiger partial charge is 0.0810 e. The molecule has 0 spiro atoms. The molecule has 3 nitrogen and oxygen atoms in total. The van der Waals surface area contributed by atoms with E-state index < -0.39 is 6.10 Å². The van der Waals surface area contributed by atoms with E-state index in [0.717, 1.165) is 11.3 Å². The largest absolute Gasteiger partial charge is 0.394 e. The number of para-hydroxylation sites is 1. The molecule has 0 aromatic heterocycles. The van der Waals surface area contributed by atoms with Crippen molar-refractivity contribution in [3.05, 3.63) is 66.2 Å². The average molecular weight is 257 g/mol. The van der Waals surface area contributed by atoms with E-state index in [0.29, 0.717) is 6.42 Å². The first-order valence-electron chi connectivity index (χ1n) is 6.45. The molecular formula is C16H19NO2. The summed E-state index contributed by atoms with van der Waals surface area (Å²) in [5.74, 6) is 0. The topological polar surface area (TPSA) is 52.5 Å². The van der Waals surface area contributed by atoms with Crippen molar-refractivity contribution >= 4 is 5.69 Å². The predicted molar refractivity (Wildman–Crippen MR) is 77.0 cm³/mol. The Morgan fingerprint density at radius 1 is 0.895 bits per heavy atom. The summed E-state index contributed by atoms with van der Waals surface area (Å²) >= 11 is 0. The Morgan fingerprint density at radius 3 is 2.05 bits per heavy atom. The van der Waals surface area contributed by atoms with Crippen LogP contribution in [0.5, 0.6) is 0 Å². The van der Waals surface area contributed by atoms with Crippen LogP contribution in [0.1, 0.15) is 18.1 Å². The molecule has 0 heterocycles. The average Bonchev–Trinajstić information content (AvgIpc) is 2.48. The molecule has 0 aliphatic rings. The second-order valence-corrected chi connectivity index (χ2v) is 4.55. The lowest BCUT2D eigenvalue weighted by atomic mass is 10.0. The van der Waals surface area contributed by atoms with Crippen LogP contribution in [-0.2, 0) is 0 Å². The van der Waals surface area contributed by atoms with Gasteiger partial charge < -0.3 is 15.5 Å². The van der Waals surface area contributed by atoms with Crippen molar-refractivity contribution in [3.8, 4) is 0 Å². The van der Waals surface area contributed by atoms with E-state index in [1.165, 1.54) is 0 Å². The minimum atomic E-state index is -0.574. The molecule has 0 saturated carbocycles. The Hall–Kier alpha value is -1.84. The molecule has 2 rings (SSSR count). The van der Waals surface area contributed by atoms with Gasteiger partial charge in [-0.25, -0.2) is 0 Å². The lowest BCUT2D eigenvalue weighted by Crippen LogP contribution is -2.26. The van der Waals surface area contributed by atoms with E-state index in [1.54, 1.807) is 0 Å². The first kappa shape index (κ1) is 13.6. The zero-order valence-electron chi connectivity index (χ0n) is 10.7. The van der Waals surface area contributed by atoms with Gasteiger partial charge in [-0.15, -0.1) is 0 Å². The third-order valence-corrected chi connectivity index (χ3v) is 3.06. The number of aliphatic hydroxyl groups excluding tert-OH is 2. The first-order valence-corrected chi connectivity index (χ1v) is 6.45. The van der Waals surface area contributed by atoms with E-state index in [-0.39, 0.29) is 12.6 Å². The van der Waals surface area contributed by atoms with E-state index >= 15 is 0 Å². The van der Waals surface area contributed by atoms with Crippen molar-refractivity contribution in [3.63, 3.8) is 0 Å². The third kappa shape index (κ3) is 4.09. The van der Waals surface area contributed by atoms with Gasteiger partial charge in [-0.3, -0.25) is 0 Å². The lowest BCUT2D eigenvalue weighted by molar-refractivity contribution is 0.144. The van der Waals surface area contributed by atoms with Crippen molar-refractivity contribution < 1.29 is 10.2 Å². The quantitative estimate of drug-likeness (QED) is 0.745. The molecule has 0 bridgehead atoms. The highest BCUT2D eigenvalue weighted by Gasteiger charge is 2.15. The van der Waals surface area contributed by atoms with Gasteiger partial charge in [-0.1, -0.05) is 48.5 Å². The van der Waals surface area contributed by atoms with Crippen LogP contribution >= 0.6 is 0 Å². The minimum absolute atomic E-state index is 0.0151. The van der Waals surface area contributed by atoms with Crippen LogP contribution in [0.15, 0.2) is 60.7 Å². The molecular weight excluding hydrogens is 238 g/mol. The van der Waals surface area contributed by atoms with Crippen LogP contribution in [0.2, 0.25) is 0 Å². The van der Waals surface area contributed by atoms with Gasteiger partial charge in [0.2, 0.25) is 0 Å². The van der Waals surface area contributed by atoms with Crippen molar-refractivity contribution in [1.29, 1.82) is 0 Å². The first-order chi connectivity index (χ1) is 9.29. The van der Waals surface area contributed by atoms with Crippen LogP contribution in [0.25, 0.3) is 0 Å². The molecule has 3 N–H and O–H groups in total. The van der Waals surface area contributed by atoms with Gasteiger partial charge in [0, 0.05) is 5.69 Å². The van der Waals surface area contributed by atoms with Crippen molar-refractivity contribution in [2.75, 3.05) is 11.9 Å². The van der Waals surface area contributed by atoms with Gasteiger partial charge in [0.15, 0.2) is 0 Å². The molecule has 2 aromatic carbocycles. The maximum atomic E-state index is 10.1. The number of hydrogen-bond donors (Lipinski definition) is 3. The van der Waals surface area contributed by atoms with Crippen molar-refractivity contribution in [2.45, 2.75) is 18.6 Å². The van der Waals surface area contributed by atoms with Gasteiger partial charge in [0.1, 0.15) is 0 Å². The number of aliphatic hydroxyl groups is 2. The monoisotopic (exact) mass is 257 g/mol. The van der Waals surface area contributed by atoms with E-state index in [9.17, 15) is 10.2 Å². The molecule has 0 fully saturated rings. The summed E-state index contributed by atoms with van der Waals surface area (Å²) in [6, 6.07) is 19.0. The molecule has 3 heteroatoms. The number of benzene rings is 2. The second kappa shape index (κ2) is 6.92. The maximum absolute atomic E-state index is 10.1. The van der Waals surface area contributed by atoms with E-state index in [1.807, 2.05) is 60.7 Å². The summed E-state index contributed by atoms with van der Waals surface area (Å²) in [6.45, 7) is -0.0151. The fourth-order valence-corrected chi connectivity index (χ4v) is 2.03. The number of rotatable bonds is 6. The number of nitrogens with one attached hydrogen (secondary N) is 1. The zero-order valence-corrected chi connectivity index (χ0v) is 10.7. The van der Waals surface area contributed by atoms with Crippen molar-refractivity contribution in [1.82, 2.24) is 0 Å². The molecule has 2 atom stereocenters. The van der Waals surface area contributed by atoms with Gasteiger partial charge >= 0.3 is 0 Å². The van der Waals surface area contributed by atoms with E-state index in [4.69, 9.17) is 0 Å². The summed E-state index contributed by atoms with van der Waals surface area (Å²) in [7, 11) is 0. The Balaban J connectivity index is 1.96. The van der Waals surface area contributed by atoms with Crippen molar-refractivity contribution in [2.24, 2.45) is 0 Å². The SMILES string of the molecule is OC[C@H](C[C@@H](O)c1ccccc1)Nc1ccccc1. The van der Waals surface area contributed by atoms with Gasteiger partial charge in [-0.05, 0) is 24.1 Å². The summed E-state index contributed by atoms with van der Waals surface area (Å²) in [6.07, 6.45) is -0.107. The highest BCUT2D eigenvalue weighted by molar-refractivity contribution is 5.43. The van der Waals surface area contributed by atoms with Crippen LogP contribution < -0.4 is 5.32 Å². The summed E-state index contributed by atoms with van der Waals surface area (Å²) in [5, 5.41) is 22.8. The van der Waals surface area contributed by atoms with Gasteiger partial charge in [0.05, 0.1) is 18.8 Å². The highest BCUT2D eigenvalue weighted by atomic mass is 16.3.